The third-order valence-corrected chi connectivity index (χ3v) is 6.82. The van der Waals surface area contributed by atoms with Crippen molar-refractivity contribution in [2.45, 2.75) is 25.5 Å². The third kappa shape index (κ3) is 5.63. The van der Waals surface area contributed by atoms with E-state index in [4.69, 9.17) is 44.2 Å². The fraction of sp³-hybridized carbons (Fsp3) is 0.308. The zero-order valence-electron chi connectivity index (χ0n) is 20.4. The van der Waals surface area contributed by atoms with Gasteiger partial charge in [-0.05, 0) is 38.1 Å². The molecule has 0 bridgehead atoms. The second-order valence-corrected chi connectivity index (χ2v) is 9.99. The normalized spacial score (nSPS) is 15.0. The standard InChI is InChI=1S/C26H27Cl2N7O2/c1-15(23-20(27)11-32-12-21(23)28)37-18-3-4-22(30)19(8-18)24(31)17-7-16(9-29)25(33-10-17)35-13-26(2,14-35)34-5-6-36/h3-4,7-8,10-12,15,31,34,36H,5-6,13-14,30H2,1-2H3/t15-/m1/s1. The fourth-order valence-corrected chi connectivity index (χ4v) is 5.07. The predicted octanol–water partition coefficient (Wildman–Crippen LogP) is 3.95. The van der Waals surface area contributed by atoms with Gasteiger partial charge in [-0.15, -0.1) is 0 Å². The van der Waals surface area contributed by atoms with Crippen LogP contribution in [0, 0.1) is 16.7 Å². The van der Waals surface area contributed by atoms with Gasteiger partial charge < -0.3 is 25.8 Å². The van der Waals surface area contributed by atoms with Crippen LogP contribution in [0.5, 0.6) is 5.75 Å². The quantitative estimate of drug-likeness (QED) is 0.236. The number of nitrogens with one attached hydrogen (secondary N) is 2. The van der Waals surface area contributed by atoms with E-state index in [0.29, 0.717) is 69.2 Å². The third-order valence-electron chi connectivity index (χ3n) is 6.22. The molecular weight excluding hydrogens is 513 g/mol. The van der Waals surface area contributed by atoms with Crippen molar-refractivity contribution in [3.63, 3.8) is 0 Å². The largest absolute Gasteiger partial charge is 0.486 e. The Morgan fingerprint density at radius 1 is 1.30 bits per heavy atom. The number of aliphatic hydroxyl groups excluding tert-OH is 1. The van der Waals surface area contributed by atoms with Crippen molar-refractivity contribution in [3.05, 3.63) is 75.2 Å². The van der Waals surface area contributed by atoms with Crippen molar-refractivity contribution in [3.8, 4) is 11.8 Å². The maximum atomic E-state index is 9.78. The molecule has 37 heavy (non-hydrogen) atoms. The second kappa shape index (κ2) is 10.9. The highest BCUT2D eigenvalue weighted by atomic mass is 35.5. The van der Waals surface area contributed by atoms with Gasteiger partial charge in [0.15, 0.2) is 0 Å². The number of nitrogens with zero attached hydrogens (tertiary/aromatic N) is 4. The van der Waals surface area contributed by atoms with E-state index < -0.39 is 6.10 Å². The summed E-state index contributed by atoms with van der Waals surface area (Å²) >= 11 is 12.5. The first-order valence-corrected chi connectivity index (χ1v) is 12.4. The molecule has 2 aromatic heterocycles. The summed E-state index contributed by atoms with van der Waals surface area (Å²) in [6.45, 7) is 5.75. The lowest BCUT2D eigenvalue weighted by Crippen LogP contribution is -2.68. The van der Waals surface area contributed by atoms with Gasteiger partial charge in [-0.2, -0.15) is 5.26 Å². The van der Waals surface area contributed by atoms with Gasteiger partial charge in [0.1, 0.15) is 23.7 Å². The number of pyridine rings is 2. The Morgan fingerprint density at radius 2 is 2.00 bits per heavy atom. The number of β-amino-alcohol motifs (C(OH)–C–C–N with tert-alkyl or cyclic N) is 1. The van der Waals surface area contributed by atoms with E-state index in [0.717, 1.165) is 0 Å². The number of ether oxygens (including phenoxy) is 1. The lowest BCUT2D eigenvalue weighted by Gasteiger charge is -2.49. The predicted molar refractivity (Wildman–Crippen MR) is 145 cm³/mol. The van der Waals surface area contributed by atoms with Crippen LogP contribution in [0.25, 0.3) is 0 Å². The lowest BCUT2D eigenvalue weighted by atomic mass is 9.91. The average Bonchev–Trinajstić information content (AvgIpc) is 2.86. The molecule has 1 aliphatic heterocycles. The minimum absolute atomic E-state index is 0.0631. The number of anilines is 2. The van der Waals surface area contributed by atoms with Crippen molar-refractivity contribution in [1.29, 1.82) is 10.7 Å². The topological polar surface area (TPSA) is 144 Å². The number of aliphatic hydroxyl groups is 1. The first-order valence-electron chi connectivity index (χ1n) is 11.6. The summed E-state index contributed by atoms with van der Waals surface area (Å²) in [5.74, 6) is 1.04. The maximum absolute atomic E-state index is 9.78. The van der Waals surface area contributed by atoms with E-state index in [9.17, 15) is 5.26 Å². The molecule has 1 aliphatic rings. The summed E-state index contributed by atoms with van der Waals surface area (Å²) in [6, 6.07) is 8.88. The Kier molecular flexibility index (Phi) is 7.85. The molecule has 0 amide bonds. The molecule has 9 nitrogen and oxygen atoms in total. The van der Waals surface area contributed by atoms with Gasteiger partial charge in [-0.25, -0.2) is 4.98 Å². The minimum Gasteiger partial charge on any atom is -0.486 e. The van der Waals surface area contributed by atoms with Gasteiger partial charge in [0.25, 0.3) is 0 Å². The van der Waals surface area contributed by atoms with E-state index in [1.807, 2.05) is 11.8 Å². The molecule has 11 heteroatoms. The summed E-state index contributed by atoms with van der Waals surface area (Å²) in [5, 5.41) is 31.7. The molecule has 5 N–H and O–H groups in total. The highest BCUT2D eigenvalue weighted by molar-refractivity contribution is 6.35. The van der Waals surface area contributed by atoms with Crippen LogP contribution >= 0.6 is 23.2 Å². The molecule has 0 aliphatic carbocycles. The van der Waals surface area contributed by atoms with Crippen molar-refractivity contribution in [2.24, 2.45) is 0 Å². The molecule has 192 valence electrons. The van der Waals surface area contributed by atoms with E-state index in [-0.39, 0.29) is 17.9 Å². The number of nitrogen functional groups attached to an aromatic ring is 1. The molecule has 0 radical (unpaired) electrons. The van der Waals surface area contributed by atoms with Crippen molar-refractivity contribution in [2.75, 3.05) is 36.9 Å². The smallest absolute Gasteiger partial charge is 0.146 e. The van der Waals surface area contributed by atoms with E-state index in [1.165, 1.54) is 12.4 Å². The number of benzene rings is 1. The van der Waals surface area contributed by atoms with Crippen LogP contribution in [0.15, 0.2) is 42.9 Å². The van der Waals surface area contributed by atoms with Gasteiger partial charge in [0.05, 0.1) is 33.5 Å². The van der Waals surface area contributed by atoms with Crippen molar-refractivity contribution >= 4 is 40.4 Å². The van der Waals surface area contributed by atoms with Crippen LogP contribution < -0.4 is 20.7 Å². The second-order valence-electron chi connectivity index (χ2n) is 9.18. The molecule has 1 fully saturated rings. The Bertz CT molecular complexity index is 1350. The van der Waals surface area contributed by atoms with E-state index >= 15 is 0 Å². The number of nitriles is 1. The fourth-order valence-electron chi connectivity index (χ4n) is 4.40. The molecule has 1 saturated heterocycles. The van der Waals surface area contributed by atoms with Crippen LogP contribution in [0.4, 0.5) is 11.5 Å². The molecule has 3 heterocycles. The van der Waals surface area contributed by atoms with Crippen LogP contribution in [0.2, 0.25) is 10.0 Å². The Morgan fingerprint density at radius 3 is 2.65 bits per heavy atom. The van der Waals surface area contributed by atoms with Crippen molar-refractivity contribution < 1.29 is 9.84 Å². The van der Waals surface area contributed by atoms with E-state index in [2.05, 4.69) is 28.3 Å². The molecule has 0 saturated carbocycles. The SMILES string of the molecule is C[C@@H](Oc1ccc(N)c(C(=N)c2cnc(N3CC(C)(NCCO)C3)c(C#N)c2)c1)c1c(Cl)cncc1Cl. The number of halogens is 2. The van der Waals surface area contributed by atoms with Crippen LogP contribution in [0.3, 0.4) is 0 Å². The zero-order chi connectivity index (χ0) is 26.7. The van der Waals surface area contributed by atoms with Gasteiger partial charge in [-0.3, -0.25) is 10.4 Å². The summed E-state index contributed by atoms with van der Waals surface area (Å²) in [7, 11) is 0. The lowest BCUT2D eigenvalue weighted by molar-refractivity contribution is 0.227. The summed E-state index contributed by atoms with van der Waals surface area (Å²) in [6.07, 6.45) is 4.10. The molecular formula is C26H27Cl2N7O2. The Balaban J connectivity index is 1.54. The highest BCUT2D eigenvalue weighted by Crippen LogP contribution is 2.34. The number of rotatable bonds is 9. The van der Waals surface area contributed by atoms with Crippen molar-refractivity contribution in [1.82, 2.24) is 15.3 Å². The number of aromatic nitrogens is 2. The van der Waals surface area contributed by atoms with Crippen LogP contribution in [-0.4, -0.2) is 52.6 Å². The van der Waals surface area contributed by atoms with Gasteiger partial charge in [0, 0.05) is 60.6 Å². The summed E-state index contributed by atoms with van der Waals surface area (Å²) < 4.78 is 6.06. The molecule has 3 aromatic rings. The summed E-state index contributed by atoms with van der Waals surface area (Å²) in [4.78, 5) is 10.5. The first kappa shape index (κ1) is 26.6. The highest BCUT2D eigenvalue weighted by Gasteiger charge is 2.39. The van der Waals surface area contributed by atoms with Gasteiger partial charge >= 0.3 is 0 Å². The zero-order valence-corrected chi connectivity index (χ0v) is 21.9. The molecule has 1 aromatic carbocycles. The minimum atomic E-state index is -0.478. The molecule has 0 unspecified atom stereocenters. The number of hydrogen-bond acceptors (Lipinski definition) is 9. The molecule has 1 atom stereocenters. The monoisotopic (exact) mass is 539 g/mol. The number of hydrogen-bond donors (Lipinski definition) is 4. The van der Waals surface area contributed by atoms with Crippen LogP contribution in [0.1, 0.15) is 42.2 Å². The first-order chi connectivity index (χ1) is 17.7. The Labute approximate surface area is 225 Å². The van der Waals surface area contributed by atoms with Gasteiger partial charge in [0.2, 0.25) is 0 Å². The average molecular weight is 540 g/mol. The van der Waals surface area contributed by atoms with Gasteiger partial charge in [-0.1, -0.05) is 23.2 Å². The molecule has 0 spiro atoms. The summed E-state index contributed by atoms with van der Waals surface area (Å²) in [5.41, 5.74) is 8.43. The molecule has 4 rings (SSSR count). The maximum Gasteiger partial charge on any atom is 0.146 e. The number of nitrogens with two attached hydrogens (primary N) is 1. The van der Waals surface area contributed by atoms with E-state index in [1.54, 1.807) is 30.5 Å². The van der Waals surface area contributed by atoms with Crippen LogP contribution in [-0.2, 0) is 0 Å². The Hall–Kier alpha value is -3.42.